The molecular weight excluding hydrogens is 248 g/mol. The van der Waals surface area contributed by atoms with Gasteiger partial charge < -0.3 is 10.6 Å². The Bertz CT molecular complexity index is 466. The lowest BCUT2D eigenvalue weighted by molar-refractivity contribution is 0.289. The third-order valence-corrected chi connectivity index (χ3v) is 4.82. The molecule has 0 bridgehead atoms. The summed E-state index contributed by atoms with van der Waals surface area (Å²) >= 11 is 0. The molecule has 4 nitrogen and oxygen atoms in total. The normalized spacial score (nSPS) is 12.3. The van der Waals surface area contributed by atoms with Gasteiger partial charge in [-0.25, -0.2) is 8.42 Å². The molecule has 1 aromatic carbocycles. The van der Waals surface area contributed by atoms with Gasteiger partial charge in [-0.05, 0) is 38.6 Å². The quantitative estimate of drug-likeness (QED) is 0.845. The topological polar surface area (TPSA) is 63.4 Å². The zero-order valence-corrected chi connectivity index (χ0v) is 12.1. The Balaban J connectivity index is 2.73. The fourth-order valence-electron chi connectivity index (χ4n) is 1.47. The van der Waals surface area contributed by atoms with E-state index < -0.39 is 9.84 Å². The van der Waals surface area contributed by atoms with Crippen molar-refractivity contribution in [2.75, 3.05) is 19.3 Å². The highest BCUT2D eigenvalue weighted by Crippen LogP contribution is 2.12. The Morgan fingerprint density at radius 1 is 1.22 bits per heavy atom. The molecule has 1 aromatic rings. The standard InChI is InChI=1S/C13H22N2O2S/c1-11(2)15(3)8-9-18(16,17)13-6-4-12(10-14)5-7-13/h4-7,11H,8-10,14H2,1-3H3. The first-order valence-electron chi connectivity index (χ1n) is 6.09. The molecular formula is C13H22N2O2S. The van der Waals surface area contributed by atoms with Crippen LogP contribution in [0, 0.1) is 0 Å². The molecule has 0 aromatic heterocycles. The lowest BCUT2D eigenvalue weighted by atomic mass is 10.2. The molecule has 0 spiro atoms. The predicted molar refractivity (Wildman–Crippen MR) is 74.2 cm³/mol. The van der Waals surface area contributed by atoms with Gasteiger partial charge in [0.05, 0.1) is 10.6 Å². The molecule has 2 N–H and O–H groups in total. The van der Waals surface area contributed by atoms with Crippen molar-refractivity contribution in [1.29, 1.82) is 0 Å². The molecule has 0 saturated carbocycles. The fourth-order valence-corrected chi connectivity index (χ4v) is 2.79. The predicted octanol–water partition coefficient (Wildman–Crippen LogP) is 1.26. The van der Waals surface area contributed by atoms with Crippen molar-refractivity contribution in [3.63, 3.8) is 0 Å². The van der Waals surface area contributed by atoms with Gasteiger partial charge in [-0.3, -0.25) is 0 Å². The maximum absolute atomic E-state index is 12.1. The van der Waals surface area contributed by atoms with Crippen molar-refractivity contribution in [1.82, 2.24) is 4.90 Å². The van der Waals surface area contributed by atoms with Crippen LogP contribution in [0.15, 0.2) is 29.2 Å². The van der Waals surface area contributed by atoms with E-state index in [0.29, 0.717) is 24.0 Å². The average Bonchev–Trinajstić information content (AvgIpc) is 2.36. The minimum absolute atomic E-state index is 0.143. The summed E-state index contributed by atoms with van der Waals surface area (Å²) in [7, 11) is -1.27. The summed E-state index contributed by atoms with van der Waals surface area (Å²) in [5.41, 5.74) is 6.42. The third-order valence-electron chi connectivity index (χ3n) is 3.11. The molecule has 0 fully saturated rings. The molecule has 0 radical (unpaired) electrons. The van der Waals surface area contributed by atoms with Gasteiger partial charge >= 0.3 is 0 Å². The molecule has 0 heterocycles. The lowest BCUT2D eigenvalue weighted by Crippen LogP contribution is -2.31. The second kappa shape index (κ2) is 6.31. The van der Waals surface area contributed by atoms with Crippen LogP contribution in [0.25, 0.3) is 0 Å². The summed E-state index contributed by atoms with van der Waals surface area (Å²) in [5.74, 6) is 0.143. The molecule has 5 heteroatoms. The van der Waals surface area contributed by atoms with E-state index in [2.05, 4.69) is 0 Å². The van der Waals surface area contributed by atoms with Crippen LogP contribution in [0.3, 0.4) is 0 Å². The van der Waals surface area contributed by atoms with E-state index in [1.54, 1.807) is 24.3 Å². The largest absolute Gasteiger partial charge is 0.326 e. The Hall–Kier alpha value is -0.910. The lowest BCUT2D eigenvalue weighted by Gasteiger charge is -2.20. The highest BCUT2D eigenvalue weighted by atomic mass is 32.2. The monoisotopic (exact) mass is 270 g/mol. The summed E-state index contributed by atoms with van der Waals surface area (Å²) in [6.07, 6.45) is 0. The van der Waals surface area contributed by atoms with E-state index in [1.165, 1.54) is 0 Å². The SMILES string of the molecule is CC(C)N(C)CCS(=O)(=O)c1ccc(CN)cc1. The number of nitrogens with two attached hydrogens (primary N) is 1. The van der Waals surface area contributed by atoms with Crippen molar-refractivity contribution in [3.8, 4) is 0 Å². The maximum Gasteiger partial charge on any atom is 0.179 e. The van der Waals surface area contributed by atoms with Gasteiger partial charge in [0.1, 0.15) is 0 Å². The van der Waals surface area contributed by atoms with Crippen LogP contribution in [0.1, 0.15) is 19.4 Å². The van der Waals surface area contributed by atoms with E-state index in [4.69, 9.17) is 5.73 Å². The maximum atomic E-state index is 12.1. The summed E-state index contributed by atoms with van der Waals surface area (Å²) < 4.78 is 24.2. The number of nitrogens with zero attached hydrogens (tertiary/aromatic N) is 1. The Morgan fingerprint density at radius 3 is 2.22 bits per heavy atom. The first-order valence-corrected chi connectivity index (χ1v) is 7.74. The van der Waals surface area contributed by atoms with Crippen molar-refractivity contribution in [2.45, 2.75) is 31.3 Å². The van der Waals surface area contributed by atoms with Crippen LogP contribution >= 0.6 is 0 Å². The molecule has 0 unspecified atom stereocenters. The second-order valence-corrected chi connectivity index (χ2v) is 6.85. The number of hydrogen-bond donors (Lipinski definition) is 1. The molecule has 0 atom stereocenters. The van der Waals surface area contributed by atoms with Crippen LogP contribution in [-0.2, 0) is 16.4 Å². The van der Waals surface area contributed by atoms with Gasteiger partial charge in [0.25, 0.3) is 0 Å². The fraction of sp³-hybridized carbons (Fsp3) is 0.538. The third kappa shape index (κ3) is 4.08. The van der Waals surface area contributed by atoms with Crippen molar-refractivity contribution < 1.29 is 8.42 Å². The number of rotatable bonds is 6. The van der Waals surface area contributed by atoms with E-state index in [-0.39, 0.29) is 5.75 Å². The number of sulfone groups is 1. The Labute approximate surface area is 110 Å². The summed E-state index contributed by atoms with van der Waals surface area (Å²) in [4.78, 5) is 2.39. The molecule has 1 rings (SSSR count). The molecule has 18 heavy (non-hydrogen) atoms. The van der Waals surface area contributed by atoms with Crippen LogP contribution in [0.2, 0.25) is 0 Å². The van der Waals surface area contributed by atoms with Gasteiger partial charge in [0.15, 0.2) is 9.84 Å². The Morgan fingerprint density at radius 2 is 1.78 bits per heavy atom. The second-order valence-electron chi connectivity index (χ2n) is 4.74. The van der Waals surface area contributed by atoms with E-state index in [0.717, 1.165) is 5.56 Å². The van der Waals surface area contributed by atoms with Gasteiger partial charge in [-0.1, -0.05) is 12.1 Å². The summed E-state index contributed by atoms with van der Waals surface area (Å²) in [5, 5.41) is 0. The molecule has 0 saturated heterocycles. The van der Waals surface area contributed by atoms with E-state index >= 15 is 0 Å². The molecule has 102 valence electrons. The first-order chi connectivity index (χ1) is 8.36. The number of hydrogen-bond acceptors (Lipinski definition) is 4. The van der Waals surface area contributed by atoms with Gasteiger partial charge in [-0.15, -0.1) is 0 Å². The Kier molecular flexibility index (Phi) is 5.31. The average molecular weight is 270 g/mol. The zero-order valence-electron chi connectivity index (χ0n) is 11.3. The first kappa shape index (κ1) is 15.1. The highest BCUT2D eigenvalue weighted by molar-refractivity contribution is 7.91. The zero-order chi connectivity index (χ0) is 13.8. The van der Waals surface area contributed by atoms with E-state index in [1.807, 2.05) is 25.8 Å². The van der Waals surface area contributed by atoms with Crippen LogP contribution < -0.4 is 5.73 Å². The van der Waals surface area contributed by atoms with Crippen LogP contribution in [0.4, 0.5) is 0 Å². The van der Waals surface area contributed by atoms with Crippen LogP contribution in [0.5, 0.6) is 0 Å². The summed E-state index contributed by atoms with van der Waals surface area (Å²) in [6.45, 7) is 5.06. The van der Waals surface area contributed by atoms with Gasteiger partial charge in [-0.2, -0.15) is 0 Å². The van der Waals surface area contributed by atoms with Gasteiger partial charge in [0, 0.05) is 19.1 Å². The minimum Gasteiger partial charge on any atom is -0.326 e. The smallest absolute Gasteiger partial charge is 0.179 e. The highest BCUT2D eigenvalue weighted by Gasteiger charge is 2.15. The van der Waals surface area contributed by atoms with Crippen LogP contribution in [-0.4, -0.2) is 38.7 Å². The molecule has 0 amide bonds. The van der Waals surface area contributed by atoms with Crippen molar-refractivity contribution >= 4 is 9.84 Å². The van der Waals surface area contributed by atoms with Crippen molar-refractivity contribution in [3.05, 3.63) is 29.8 Å². The molecule has 0 aliphatic heterocycles. The number of benzene rings is 1. The van der Waals surface area contributed by atoms with E-state index in [9.17, 15) is 8.42 Å². The van der Waals surface area contributed by atoms with Crippen molar-refractivity contribution in [2.24, 2.45) is 5.73 Å². The summed E-state index contributed by atoms with van der Waals surface area (Å²) in [6, 6.07) is 7.14. The minimum atomic E-state index is -3.20. The molecule has 0 aliphatic carbocycles. The van der Waals surface area contributed by atoms with Gasteiger partial charge in [0.2, 0.25) is 0 Å². The molecule has 0 aliphatic rings.